The minimum Gasteiger partial charge on any atom is -0.496 e. The van der Waals surface area contributed by atoms with E-state index in [0.717, 1.165) is 27.8 Å². The molecule has 6 heterocycles. The summed E-state index contributed by atoms with van der Waals surface area (Å²) < 4.78 is 31.2. The van der Waals surface area contributed by atoms with Crippen LogP contribution in [0.3, 0.4) is 0 Å². The van der Waals surface area contributed by atoms with Gasteiger partial charge in [0.1, 0.15) is 20.7 Å². The minimum atomic E-state index is -3.08. The molecule has 1 aliphatic rings. The van der Waals surface area contributed by atoms with E-state index in [1.54, 1.807) is 42.6 Å². The van der Waals surface area contributed by atoms with Gasteiger partial charge in [-0.3, -0.25) is 9.97 Å². The molecule has 0 aromatic carbocycles. The maximum Gasteiger partial charge on any atom is 0.156 e. The molecule has 1 aliphatic heterocycles. The highest BCUT2D eigenvalue weighted by molar-refractivity contribution is 7.90. The molecule has 1 saturated heterocycles. The summed E-state index contributed by atoms with van der Waals surface area (Å²) >= 11 is 6.49. The monoisotopic (exact) mass is 589 g/mol. The largest absolute Gasteiger partial charge is 0.496 e. The van der Waals surface area contributed by atoms with Gasteiger partial charge in [0.05, 0.1) is 41.5 Å². The van der Waals surface area contributed by atoms with E-state index in [-0.39, 0.29) is 17.7 Å². The molecule has 5 aromatic heterocycles. The first kappa shape index (κ1) is 27.1. The van der Waals surface area contributed by atoms with Gasteiger partial charge in [-0.1, -0.05) is 11.6 Å². The van der Waals surface area contributed by atoms with Crippen molar-refractivity contribution in [3.8, 4) is 34.1 Å². The van der Waals surface area contributed by atoms with Gasteiger partial charge in [0.15, 0.2) is 5.82 Å². The summed E-state index contributed by atoms with van der Waals surface area (Å²) in [5.74, 6) is 1.45. The van der Waals surface area contributed by atoms with Gasteiger partial charge in [-0.05, 0) is 44.2 Å². The van der Waals surface area contributed by atoms with Crippen molar-refractivity contribution in [1.82, 2.24) is 29.7 Å². The van der Waals surface area contributed by atoms with Gasteiger partial charge in [0.2, 0.25) is 0 Å². The second kappa shape index (κ2) is 10.4. The Morgan fingerprint density at radius 1 is 1.07 bits per heavy atom. The van der Waals surface area contributed by atoms with E-state index in [4.69, 9.17) is 31.4 Å². The van der Waals surface area contributed by atoms with Crippen molar-refractivity contribution in [3.63, 3.8) is 0 Å². The van der Waals surface area contributed by atoms with Gasteiger partial charge >= 0.3 is 0 Å². The number of aryl methyl sites for hydroxylation is 1. The van der Waals surface area contributed by atoms with Crippen LogP contribution in [0.1, 0.15) is 12.6 Å². The number of nitrogens with zero attached hydrogens (tertiary/aromatic N) is 7. The molecule has 0 amide bonds. The van der Waals surface area contributed by atoms with Crippen molar-refractivity contribution < 1.29 is 13.2 Å². The lowest BCUT2D eigenvalue weighted by molar-refractivity contribution is 0.341. The Hall–Kier alpha value is -4.09. The Bertz CT molecular complexity index is 1890. The first-order valence-electron chi connectivity index (χ1n) is 13.0. The molecule has 0 radical (unpaired) electrons. The maximum absolute atomic E-state index is 12.0. The number of aromatic nitrogens is 6. The summed E-state index contributed by atoms with van der Waals surface area (Å²) in [5.41, 5.74) is 5.31. The van der Waals surface area contributed by atoms with Crippen molar-refractivity contribution in [2.45, 2.75) is 19.9 Å². The van der Waals surface area contributed by atoms with Crippen LogP contribution in [0.25, 0.3) is 39.2 Å². The van der Waals surface area contributed by atoms with Crippen LogP contribution < -0.4 is 9.64 Å². The van der Waals surface area contributed by atoms with E-state index < -0.39 is 9.84 Å². The number of ether oxygens (including phenoxy) is 1. The molecule has 0 saturated carbocycles. The van der Waals surface area contributed by atoms with Gasteiger partial charge in [0.25, 0.3) is 0 Å². The molecule has 210 valence electrons. The van der Waals surface area contributed by atoms with Gasteiger partial charge in [0, 0.05) is 71.7 Å². The Morgan fingerprint density at radius 2 is 1.88 bits per heavy atom. The zero-order valence-electron chi connectivity index (χ0n) is 23.0. The van der Waals surface area contributed by atoms with Crippen LogP contribution in [0.15, 0.2) is 61.2 Å². The Balaban J connectivity index is 1.50. The third kappa shape index (κ3) is 5.11. The average Bonchev–Trinajstić information content (AvgIpc) is 3.39. The van der Waals surface area contributed by atoms with Crippen molar-refractivity contribution in [2.24, 2.45) is 5.92 Å². The zero-order chi connectivity index (χ0) is 28.9. The Morgan fingerprint density at radius 3 is 2.61 bits per heavy atom. The zero-order valence-corrected chi connectivity index (χ0v) is 24.6. The first-order chi connectivity index (χ1) is 19.6. The predicted molar refractivity (Wildman–Crippen MR) is 159 cm³/mol. The number of anilines is 1. The second-order valence-corrected chi connectivity index (χ2v) is 12.9. The van der Waals surface area contributed by atoms with Crippen molar-refractivity contribution >= 4 is 38.0 Å². The molecule has 0 aliphatic carbocycles. The normalized spacial score (nSPS) is 17.0. The van der Waals surface area contributed by atoms with E-state index in [1.807, 2.05) is 44.2 Å². The van der Waals surface area contributed by atoms with E-state index in [9.17, 15) is 8.42 Å². The van der Waals surface area contributed by atoms with Gasteiger partial charge < -0.3 is 9.64 Å². The summed E-state index contributed by atoms with van der Waals surface area (Å²) in [6.45, 7) is 4.60. The predicted octanol–water partition coefficient (Wildman–Crippen LogP) is 4.78. The number of hydrogen-bond acceptors (Lipinski definition) is 9. The smallest absolute Gasteiger partial charge is 0.156 e. The standard InChI is InChI=1S/C29H28ClN7O3S/c1-17-22-14-33-37(26(22)12-25(34-17)23-13-31-9-7-27(23)40-3)28-11-20(36-15-19(18(36)2)16-41(4,38)39)10-24(35-28)21-6-5-8-32-29(21)30/h5-14,18-19H,15-16H2,1-4H3/t18-,19-/m1/s1. The van der Waals surface area contributed by atoms with E-state index in [0.29, 0.717) is 40.2 Å². The van der Waals surface area contributed by atoms with Gasteiger partial charge in [-0.15, -0.1) is 0 Å². The number of hydrogen-bond donors (Lipinski definition) is 0. The summed E-state index contributed by atoms with van der Waals surface area (Å²) in [6.07, 6.45) is 8.10. The summed E-state index contributed by atoms with van der Waals surface area (Å²) in [4.78, 5) is 20.5. The summed E-state index contributed by atoms with van der Waals surface area (Å²) in [5, 5.41) is 5.93. The summed E-state index contributed by atoms with van der Waals surface area (Å²) in [7, 11) is -1.46. The molecule has 12 heteroatoms. The molecule has 41 heavy (non-hydrogen) atoms. The highest BCUT2D eigenvalue weighted by Crippen LogP contribution is 2.37. The van der Waals surface area contributed by atoms with Crippen LogP contribution in [0, 0.1) is 12.8 Å². The van der Waals surface area contributed by atoms with Crippen LogP contribution in [0.2, 0.25) is 5.15 Å². The lowest BCUT2D eigenvalue weighted by atomic mass is 9.91. The van der Waals surface area contributed by atoms with E-state index in [2.05, 4.69) is 14.9 Å². The quantitative estimate of drug-likeness (QED) is 0.247. The molecule has 6 rings (SSSR count). The molecule has 2 atom stereocenters. The second-order valence-electron chi connectivity index (χ2n) is 10.3. The average molecular weight is 590 g/mol. The molecule has 0 bridgehead atoms. The third-order valence-electron chi connectivity index (χ3n) is 7.54. The first-order valence-corrected chi connectivity index (χ1v) is 15.5. The van der Waals surface area contributed by atoms with Crippen LogP contribution in [-0.4, -0.2) is 69.8 Å². The number of fused-ring (bicyclic) bond motifs is 1. The molecule has 1 fully saturated rings. The van der Waals surface area contributed by atoms with Gasteiger partial charge in [-0.2, -0.15) is 5.10 Å². The third-order valence-corrected chi connectivity index (χ3v) is 8.87. The molecule has 0 spiro atoms. The topological polar surface area (TPSA) is 116 Å². The Labute approximate surface area is 242 Å². The van der Waals surface area contributed by atoms with Crippen molar-refractivity contribution in [1.29, 1.82) is 0 Å². The molecule has 10 nitrogen and oxygen atoms in total. The Kier molecular flexibility index (Phi) is 6.87. The number of pyridine rings is 4. The summed E-state index contributed by atoms with van der Waals surface area (Å²) in [6, 6.07) is 11.4. The molecule has 5 aromatic rings. The van der Waals surface area contributed by atoms with Crippen molar-refractivity contribution in [3.05, 3.63) is 72.0 Å². The highest BCUT2D eigenvalue weighted by Gasteiger charge is 2.38. The SMILES string of the molecule is COc1ccncc1-c1cc2c(cnn2-c2cc(N3C[C@H](CS(C)(=O)=O)[C@H]3C)cc(-c3cccnc3Cl)n2)c(C)n1. The van der Waals surface area contributed by atoms with E-state index in [1.165, 1.54) is 6.26 Å². The fourth-order valence-electron chi connectivity index (χ4n) is 5.35. The number of halogens is 1. The van der Waals surface area contributed by atoms with E-state index >= 15 is 0 Å². The maximum atomic E-state index is 12.0. The number of rotatable bonds is 7. The van der Waals surface area contributed by atoms with Crippen LogP contribution >= 0.6 is 11.6 Å². The van der Waals surface area contributed by atoms with Crippen LogP contribution in [0.4, 0.5) is 5.69 Å². The van der Waals surface area contributed by atoms with Crippen molar-refractivity contribution in [2.75, 3.05) is 30.6 Å². The number of methoxy groups -OCH3 is 1. The highest BCUT2D eigenvalue weighted by atomic mass is 35.5. The molecule has 0 unspecified atom stereocenters. The lowest BCUT2D eigenvalue weighted by Crippen LogP contribution is -2.57. The van der Waals surface area contributed by atoms with Gasteiger partial charge in [-0.25, -0.2) is 23.1 Å². The molecular formula is C29H28ClN7O3S. The fraction of sp³-hybridized carbons (Fsp3) is 0.276. The molecular weight excluding hydrogens is 562 g/mol. The minimum absolute atomic E-state index is 0.0302. The fourth-order valence-corrected chi connectivity index (χ4v) is 6.73. The lowest BCUT2D eigenvalue weighted by Gasteiger charge is -2.48. The molecule has 0 N–H and O–H groups in total. The van der Waals surface area contributed by atoms with Crippen LogP contribution in [-0.2, 0) is 9.84 Å². The van der Waals surface area contributed by atoms with Crippen LogP contribution in [0.5, 0.6) is 5.75 Å². The number of sulfone groups is 1.